The Morgan fingerprint density at radius 3 is 3.00 bits per heavy atom. The van der Waals surface area contributed by atoms with Gasteiger partial charge < -0.3 is 5.21 Å². The summed E-state index contributed by atoms with van der Waals surface area (Å²) in [6, 6.07) is 3.80. The van der Waals surface area contributed by atoms with Crippen molar-refractivity contribution in [3.8, 4) is 0 Å². The lowest BCUT2D eigenvalue weighted by atomic mass is 10.3. The van der Waals surface area contributed by atoms with Crippen LogP contribution in [0.25, 0.3) is 11.2 Å². The molecule has 2 aromatic heterocycles. The van der Waals surface area contributed by atoms with E-state index in [1.807, 2.05) is 19.9 Å². The molecule has 0 radical (unpaired) electrons. The highest BCUT2D eigenvalue weighted by Gasteiger charge is 2.15. The monoisotopic (exact) mass is 178 g/mol. The van der Waals surface area contributed by atoms with E-state index in [1.54, 1.807) is 16.9 Å². The van der Waals surface area contributed by atoms with Crippen LogP contribution in [0.5, 0.6) is 0 Å². The van der Waals surface area contributed by atoms with Crippen LogP contribution < -0.4 is 4.85 Å². The molecule has 0 aliphatic carbocycles. The van der Waals surface area contributed by atoms with Gasteiger partial charge in [-0.3, -0.25) is 0 Å². The van der Waals surface area contributed by atoms with Gasteiger partial charge in [0.15, 0.2) is 5.52 Å². The van der Waals surface area contributed by atoms with Gasteiger partial charge in [-0.25, -0.2) is 0 Å². The molecule has 0 fully saturated rings. The minimum atomic E-state index is 0.168. The van der Waals surface area contributed by atoms with Crippen LogP contribution in [0.1, 0.15) is 19.9 Å². The summed E-state index contributed by atoms with van der Waals surface area (Å²) in [6.45, 7) is 3.94. The van der Waals surface area contributed by atoms with Crippen LogP contribution in [0.3, 0.4) is 0 Å². The molecule has 0 N–H and O–H groups in total. The van der Waals surface area contributed by atoms with Crippen molar-refractivity contribution in [3.05, 3.63) is 23.5 Å². The zero-order valence-corrected chi connectivity index (χ0v) is 7.51. The van der Waals surface area contributed by atoms with Crippen molar-refractivity contribution in [2.75, 3.05) is 0 Å². The molecule has 0 aliphatic rings. The van der Waals surface area contributed by atoms with Crippen LogP contribution in [0.4, 0.5) is 0 Å². The third-order valence-electron chi connectivity index (χ3n) is 1.86. The Bertz CT molecular complexity index is 435. The third kappa shape index (κ3) is 1.12. The minimum absolute atomic E-state index is 0.168. The highest BCUT2D eigenvalue weighted by atomic mass is 16.5. The van der Waals surface area contributed by atoms with Gasteiger partial charge in [0.2, 0.25) is 0 Å². The quantitative estimate of drug-likeness (QED) is 0.475. The summed E-state index contributed by atoms with van der Waals surface area (Å²) >= 11 is 0. The largest absolute Gasteiger partial charge is 0.721 e. The average Bonchev–Trinajstić information content (AvgIpc) is 2.45. The van der Waals surface area contributed by atoms with E-state index in [4.69, 9.17) is 0 Å². The Kier molecular flexibility index (Phi) is 1.65. The van der Waals surface area contributed by atoms with E-state index in [-0.39, 0.29) is 6.04 Å². The molecular weight excluding hydrogens is 168 g/mol. The second-order valence-corrected chi connectivity index (χ2v) is 3.15. The lowest BCUT2D eigenvalue weighted by molar-refractivity contribution is -0.648. The fraction of sp³-hybridized carbons (Fsp3) is 0.375. The maximum atomic E-state index is 11.2. The number of nitrogens with zero attached hydrogens (tertiary/aromatic N) is 4. The number of aromatic nitrogens is 4. The predicted molar refractivity (Wildman–Crippen MR) is 46.9 cm³/mol. The van der Waals surface area contributed by atoms with Crippen LogP contribution in [-0.2, 0) is 0 Å². The van der Waals surface area contributed by atoms with Gasteiger partial charge in [-0.2, -0.15) is 4.68 Å². The maximum Gasteiger partial charge on any atom is 0.323 e. The van der Waals surface area contributed by atoms with Gasteiger partial charge >= 0.3 is 5.65 Å². The Morgan fingerprint density at radius 2 is 2.31 bits per heavy atom. The SMILES string of the molecule is CC(C)n1n[n+]([O-])c2ncccc21. The molecule has 5 nitrogen and oxygen atoms in total. The molecule has 5 heteroatoms. The van der Waals surface area contributed by atoms with Crippen molar-refractivity contribution in [1.29, 1.82) is 0 Å². The number of fused-ring (bicyclic) bond motifs is 1. The Hall–Kier alpha value is -1.65. The molecule has 2 aromatic rings. The fourth-order valence-corrected chi connectivity index (χ4v) is 1.27. The maximum absolute atomic E-state index is 11.2. The Labute approximate surface area is 75.2 Å². The second-order valence-electron chi connectivity index (χ2n) is 3.15. The van der Waals surface area contributed by atoms with Crippen molar-refractivity contribution in [2.24, 2.45) is 0 Å². The molecule has 0 amide bonds. The minimum Gasteiger partial charge on any atom is -0.721 e. The van der Waals surface area contributed by atoms with Crippen LogP contribution in [0.2, 0.25) is 0 Å². The average molecular weight is 178 g/mol. The van der Waals surface area contributed by atoms with Gasteiger partial charge in [-0.1, -0.05) is 0 Å². The lowest BCUT2D eigenvalue weighted by Crippen LogP contribution is -2.30. The number of hydrogen-bond acceptors (Lipinski definition) is 3. The van der Waals surface area contributed by atoms with Gasteiger partial charge in [-0.15, -0.1) is 9.83 Å². The van der Waals surface area contributed by atoms with Crippen LogP contribution in [-0.4, -0.2) is 14.9 Å². The van der Waals surface area contributed by atoms with E-state index in [1.165, 1.54) is 0 Å². The van der Waals surface area contributed by atoms with Crippen LogP contribution in [0.15, 0.2) is 18.3 Å². The summed E-state index contributed by atoms with van der Waals surface area (Å²) in [5.41, 5.74) is 1.14. The van der Waals surface area contributed by atoms with Crippen molar-refractivity contribution >= 4 is 11.2 Å². The summed E-state index contributed by atoms with van der Waals surface area (Å²) < 4.78 is 1.66. The van der Waals surface area contributed by atoms with Gasteiger partial charge in [0.05, 0.1) is 6.04 Å². The first-order valence-electron chi connectivity index (χ1n) is 4.13. The molecule has 2 rings (SSSR count). The number of hydrogen-bond donors (Lipinski definition) is 0. The fourth-order valence-electron chi connectivity index (χ4n) is 1.27. The number of rotatable bonds is 1. The topological polar surface area (TPSA) is 57.6 Å². The van der Waals surface area contributed by atoms with Crippen molar-refractivity contribution in [1.82, 2.24) is 14.9 Å². The first-order chi connectivity index (χ1) is 6.20. The van der Waals surface area contributed by atoms with Crippen LogP contribution in [0, 0.1) is 5.21 Å². The van der Waals surface area contributed by atoms with E-state index in [0.29, 0.717) is 10.5 Å². The molecule has 13 heavy (non-hydrogen) atoms. The van der Waals surface area contributed by atoms with E-state index in [0.717, 1.165) is 5.52 Å². The lowest BCUT2D eigenvalue weighted by Gasteiger charge is -1.98. The predicted octanol–water partition coefficient (Wildman–Crippen LogP) is 0.646. The molecule has 0 saturated carbocycles. The molecule has 0 unspecified atom stereocenters. The van der Waals surface area contributed by atoms with Crippen molar-refractivity contribution in [2.45, 2.75) is 19.9 Å². The van der Waals surface area contributed by atoms with E-state index < -0.39 is 0 Å². The Morgan fingerprint density at radius 1 is 1.54 bits per heavy atom. The van der Waals surface area contributed by atoms with E-state index in [9.17, 15) is 5.21 Å². The van der Waals surface area contributed by atoms with E-state index in [2.05, 4.69) is 10.2 Å². The highest BCUT2D eigenvalue weighted by molar-refractivity contribution is 5.66. The van der Waals surface area contributed by atoms with Gasteiger partial charge in [-0.05, 0) is 26.0 Å². The standard InChI is InChI=1S/C8H10N4O/c1-6(2)11-7-4-3-5-9-8(7)12(13)10-11/h3-6H,1-2H3. The summed E-state index contributed by atoms with van der Waals surface area (Å²) in [5, 5.41) is 15.0. The summed E-state index contributed by atoms with van der Waals surface area (Å²) in [4.78, 5) is 4.50. The zero-order valence-electron chi connectivity index (χ0n) is 7.51. The molecular formula is C8H10N4O. The summed E-state index contributed by atoms with van der Waals surface area (Å²) in [6.07, 6.45) is 1.59. The van der Waals surface area contributed by atoms with Crippen LogP contribution >= 0.6 is 0 Å². The number of pyridine rings is 1. The van der Waals surface area contributed by atoms with Gasteiger partial charge in [0, 0.05) is 5.21 Å². The second kappa shape index (κ2) is 2.69. The molecule has 0 aliphatic heterocycles. The van der Waals surface area contributed by atoms with E-state index >= 15 is 0 Å². The molecule has 0 spiro atoms. The van der Waals surface area contributed by atoms with Crippen molar-refractivity contribution < 1.29 is 4.85 Å². The zero-order chi connectivity index (χ0) is 9.42. The molecule has 68 valence electrons. The molecule has 0 bridgehead atoms. The summed E-state index contributed by atoms with van der Waals surface area (Å²) in [7, 11) is 0. The molecule has 0 atom stereocenters. The first kappa shape index (κ1) is 7.97. The molecule has 0 saturated heterocycles. The molecule has 2 heterocycles. The molecule has 0 aromatic carbocycles. The highest BCUT2D eigenvalue weighted by Crippen LogP contribution is 2.10. The van der Waals surface area contributed by atoms with Gasteiger partial charge in [0.1, 0.15) is 6.20 Å². The first-order valence-corrected chi connectivity index (χ1v) is 4.13. The smallest absolute Gasteiger partial charge is 0.323 e. The summed E-state index contributed by atoms with van der Waals surface area (Å²) in [5.74, 6) is 0. The third-order valence-corrected chi connectivity index (χ3v) is 1.86. The van der Waals surface area contributed by atoms with Gasteiger partial charge in [0.25, 0.3) is 0 Å². The Balaban J connectivity index is 2.78. The normalized spacial score (nSPS) is 11.3. The van der Waals surface area contributed by atoms with Crippen molar-refractivity contribution in [3.63, 3.8) is 0 Å².